The molecule has 3 aliphatic heterocycles. The predicted octanol–water partition coefficient (Wildman–Crippen LogP) is 5.12. The van der Waals surface area contributed by atoms with Gasteiger partial charge in [0.05, 0.1) is 0 Å². The second-order valence-corrected chi connectivity index (χ2v) is 10.4. The van der Waals surface area contributed by atoms with Crippen LogP contribution in [-0.4, -0.2) is 51.6 Å². The fourth-order valence-electron chi connectivity index (χ4n) is 5.96. The summed E-state index contributed by atoms with van der Waals surface area (Å²) < 4.78 is 0. The zero-order valence-corrected chi connectivity index (χ0v) is 21.9. The minimum absolute atomic E-state index is 0.101. The maximum atomic E-state index is 12.4. The van der Waals surface area contributed by atoms with Gasteiger partial charge in [0.15, 0.2) is 5.82 Å². The molecule has 6 rings (SSSR count). The second kappa shape index (κ2) is 11.8. The van der Waals surface area contributed by atoms with Crippen molar-refractivity contribution in [2.45, 2.75) is 64.0 Å². The smallest absolute Gasteiger partial charge is 0.315 e. The number of hydrogen-bond donors (Lipinski definition) is 2. The Hall–Kier alpha value is -3.32. The van der Waals surface area contributed by atoms with E-state index < -0.39 is 0 Å². The lowest BCUT2D eigenvalue weighted by atomic mass is 9.74. The minimum atomic E-state index is -0.101. The van der Waals surface area contributed by atoms with Gasteiger partial charge in [0.2, 0.25) is 0 Å². The van der Waals surface area contributed by atoms with Crippen molar-refractivity contribution < 1.29 is 4.79 Å². The van der Waals surface area contributed by atoms with E-state index in [1.807, 2.05) is 54.9 Å². The number of amides is 2. The van der Waals surface area contributed by atoms with E-state index in [4.69, 9.17) is 9.97 Å². The average molecular weight is 499 g/mol. The fraction of sp³-hybridized carbons (Fsp3) is 0.467. The summed E-state index contributed by atoms with van der Waals surface area (Å²) in [6, 6.07) is 16.5. The van der Waals surface area contributed by atoms with Gasteiger partial charge in [0, 0.05) is 66.9 Å². The molecule has 2 aromatic heterocycles. The van der Waals surface area contributed by atoms with Gasteiger partial charge >= 0.3 is 6.03 Å². The molecule has 7 heteroatoms. The van der Waals surface area contributed by atoms with E-state index in [2.05, 4.69) is 40.4 Å². The Morgan fingerprint density at radius 1 is 1.05 bits per heavy atom. The van der Waals surface area contributed by atoms with Crippen molar-refractivity contribution >= 4 is 6.03 Å². The van der Waals surface area contributed by atoms with Gasteiger partial charge in [0.1, 0.15) is 0 Å². The van der Waals surface area contributed by atoms with Crippen LogP contribution in [0.25, 0.3) is 11.4 Å². The van der Waals surface area contributed by atoms with Gasteiger partial charge in [-0.1, -0.05) is 44.2 Å². The van der Waals surface area contributed by atoms with Crippen molar-refractivity contribution in [3.05, 3.63) is 77.9 Å². The number of urea groups is 1. The Kier molecular flexibility index (Phi) is 8.09. The first-order valence-corrected chi connectivity index (χ1v) is 13.7. The number of benzene rings is 1. The molecule has 4 atom stereocenters. The van der Waals surface area contributed by atoms with Crippen molar-refractivity contribution in [2.75, 3.05) is 19.6 Å². The van der Waals surface area contributed by atoms with Gasteiger partial charge in [0.25, 0.3) is 0 Å². The second-order valence-electron chi connectivity index (χ2n) is 10.4. The molecule has 3 saturated heterocycles. The molecule has 2 bridgehead atoms. The molecule has 37 heavy (non-hydrogen) atoms. The average Bonchev–Trinajstić information content (AvgIpc) is 2.97. The first kappa shape index (κ1) is 25.3. The van der Waals surface area contributed by atoms with E-state index >= 15 is 0 Å². The van der Waals surface area contributed by atoms with E-state index in [9.17, 15) is 4.79 Å². The molecule has 3 aromatic rings. The highest BCUT2D eigenvalue weighted by Crippen LogP contribution is 2.42. The monoisotopic (exact) mass is 498 g/mol. The van der Waals surface area contributed by atoms with Crippen LogP contribution >= 0.6 is 0 Å². The lowest BCUT2D eigenvalue weighted by Crippen LogP contribution is -2.56. The van der Waals surface area contributed by atoms with Crippen LogP contribution in [0.2, 0.25) is 0 Å². The third kappa shape index (κ3) is 5.99. The summed E-state index contributed by atoms with van der Waals surface area (Å²) in [6.07, 6.45) is 8.02. The van der Waals surface area contributed by atoms with Crippen molar-refractivity contribution in [2.24, 2.45) is 5.92 Å². The summed E-state index contributed by atoms with van der Waals surface area (Å²) in [5.74, 6) is 2.22. The molecule has 3 aliphatic rings. The number of rotatable bonds is 9. The Morgan fingerprint density at radius 2 is 1.84 bits per heavy atom. The lowest BCUT2D eigenvalue weighted by molar-refractivity contribution is 0.0305. The van der Waals surface area contributed by atoms with Gasteiger partial charge < -0.3 is 10.6 Å². The van der Waals surface area contributed by atoms with E-state index in [0.29, 0.717) is 36.9 Å². The molecule has 1 unspecified atom stereocenters. The summed E-state index contributed by atoms with van der Waals surface area (Å²) in [6.45, 7) is 7.76. The van der Waals surface area contributed by atoms with Crippen LogP contribution in [0.5, 0.6) is 0 Å². The fourth-order valence-corrected chi connectivity index (χ4v) is 5.96. The zero-order chi connectivity index (χ0) is 25.6. The third-order valence-electron chi connectivity index (χ3n) is 8.16. The van der Waals surface area contributed by atoms with Crippen LogP contribution in [0.15, 0.2) is 60.9 Å². The summed E-state index contributed by atoms with van der Waals surface area (Å²) in [5, 5.41) is 6.09. The van der Waals surface area contributed by atoms with Crippen molar-refractivity contribution in [1.29, 1.82) is 0 Å². The standard InChI is InChI=1S/C30H38N6O/c1-3-22(4-2)27-17-28(35-29(34-27)23-10-13-31-14-11-23)26-20-36-15-12-24(26)16-25(36)19-33-30(37)32-18-21-8-6-5-7-9-21/h5-11,13-14,17,22,24-26H,3-4,12,15-16,18-20H2,1-2H3,(H2,32,33,37)/t24-,25+,26+/m0/s1. The molecule has 194 valence electrons. The zero-order valence-electron chi connectivity index (χ0n) is 21.9. The third-order valence-corrected chi connectivity index (χ3v) is 8.16. The highest BCUT2D eigenvalue weighted by molar-refractivity contribution is 5.73. The van der Waals surface area contributed by atoms with Crippen LogP contribution in [0.1, 0.15) is 68.3 Å². The highest BCUT2D eigenvalue weighted by atomic mass is 16.2. The molecule has 2 N–H and O–H groups in total. The number of aromatic nitrogens is 3. The molecular weight excluding hydrogens is 460 g/mol. The first-order valence-electron chi connectivity index (χ1n) is 13.7. The number of nitrogens with zero attached hydrogens (tertiary/aromatic N) is 4. The quantitative estimate of drug-likeness (QED) is 0.428. The van der Waals surface area contributed by atoms with E-state index in [1.165, 1.54) is 12.1 Å². The van der Waals surface area contributed by atoms with Crippen LogP contribution < -0.4 is 10.6 Å². The Labute approximate surface area is 220 Å². The van der Waals surface area contributed by atoms with Crippen LogP contribution in [0.4, 0.5) is 4.79 Å². The molecule has 3 fully saturated rings. The van der Waals surface area contributed by atoms with Gasteiger partial charge in [-0.25, -0.2) is 14.8 Å². The molecule has 0 aliphatic carbocycles. The number of piperidine rings is 3. The molecule has 0 saturated carbocycles. The Bertz CT molecular complexity index is 1170. The molecule has 0 radical (unpaired) electrons. The highest BCUT2D eigenvalue weighted by Gasteiger charge is 2.41. The summed E-state index contributed by atoms with van der Waals surface area (Å²) in [7, 11) is 0. The van der Waals surface area contributed by atoms with Crippen LogP contribution in [-0.2, 0) is 6.54 Å². The summed E-state index contributed by atoms with van der Waals surface area (Å²) >= 11 is 0. The summed E-state index contributed by atoms with van der Waals surface area (Å²) in [5.41, 5.74) is 4.45. The van der Waals surface area contributed by atoms with E-state index in [-0.39, 0.29) is 6.03 Å². The van der Waals surface area contributed by atoms with Crippen molar-refractivity contribution in [3.63, 3.8) is 0 Å². The molecule has 0 spiro atoms. The number of pyridine rings is 1. The van der Waals surface area contributed by atoms with Gasteiger partial charge in [-0.15, -0.1) is 0 Å². The van der Waals surface area contributed by atoms with Crippen LogP contribution in [0, 0.1) is 5.92 Å². The minimum Gasteiger partial charge on any atom is -0.337 e. The molecular formula is C30H38N6O. The van der Waals surface area contributed by atoms with Gasteiger partial charge in [-0.05, 0) is 61.9 Å². The lowest BCUT2D eigenvalue weighted by Gasteiger charge is -2.49. The number of carbonyl (C=O) groups excluding carboxylic acids is 1. The van der Waals surface area contributed by atoms with Gasteiger partial charge in [-0.3, -0.25) is 9.88 Å². The Morgan fingerprint density at radius 3 is 2.54 bits per heavy atom. The van der Waals surface area contributed by atoms with E-state index in [1.54, 1.807) is 0 Å². The molecule has 5 heterocycles. The van der Waals surface area contributed by atoms with Crippen LogP contribution in [0.3, 0.4) is 0 Å². The maximum absolute atomic E-state index is 12.4. The van der Waals surface area contributed by atoms with E-state index in [0.717, 1.165) is 55.0 Å². The normalized spacial score (nSPS) is 22.7. The largest absolute Gasteiger partial charge is 0.337 e. The SMILES string of the molecule is CCC(CC)c1cc([C@@H]2CN3CC[C@H]2C[C@@H]3CNC(=O)NCc2ccccc2)nc(-c2ccncc2)n1. The maximum Gasteiger partial charge on any atom is 0.315 e. The molecule has 7 nitrogen and oxygen atoms in total. The number of carbonyl (C=O) groups is 1. The predicted molar refractivity (Wildman–Crippen MR) is 146 cm³/mol. The van der Waals surface area contributed by atoms with Gasteiger partial charge in [-0.2, -0.15) is 0 Å². The molecule has 1 aromatic carbocycles. The first-order chi connectivity index (χ1) is 18.1. The number of nitrogens with one attached hydrogen (secondary N) is 2. The topological polar surface area (TPSA) is 83.0 Å². The Balaban J connectivity index is 1.26. The number of fused-ring (bicyclic) bond motifs is 3. The van der Waals surface area contributed by atoms with Crippen molar-refractivity contribution in [3.8, 4) is 11.4 Å². The summed E-state index contributed by atoms with van der Waals surface area (Å²) in [4.78, 5) is 29.2. The van der Waals surface area contributed by atoms with Crippen molar-refractivity contribution in [1.82, 2.24) is 30.5 Å². The molecule has 2 amide bonds. The number of hydrogen-bond acceptors (Lipinski definition) is 5.